The molecule has 1 heterocycles. The molecule has 0 radical (unpaired) electrons. The van der Waals surface area contributed by atoms with Gasteiger partial charge in [0.1, 0.15) is 0 Å². The van der Waals surface area contributed by atoms with Crippen molar-refractivity contribution in [3.63, 3.8) is 0 Å². The summed E-state index contributed by atoms with van der Waals surface area (Å²) in [6.45, 7) is 1.78. The van der Waals surface area contributed by atoms with Gasteiger partial charge in [-0.15, -0.1) is 0 Å². The molecule has 2 aromatic rings. The van der Waals surface area contributed by atoms with E-state index < -0.39 is 17.9 Å². The number of nitrogens with zero attached hydrogens (tertiary/aromatic N) is 3. The lowest BCUT2D eigenvalue weighted by atomic mass is 10.1. The van der Waals surface area contributed by atoms with Gasteiger partial charge in [0.25, 0.3) is 0 Å². The van der Waals surface area contributed by atoms with Crippen LogP contribution in [0.15, 0.2) is 30.3 Å². The van der Waals surface area contributed by atoms with Gasteiger partial charge >= 0.3 is 6.18 Å². The van der Waals surface area contributed by atoms with Crippen LogP contribution in [0.2, 0.25) is 0 Å². The highest BCUT2D eigenvalue weighted by molar-refractivity contribution is 5.35. The van der Waals surface area contributed by atoms with Gasteiger partial charge < -0.3 is 11.1 Å². The fourth-order valence-electron chi connectivity index (χ4n) is 1.60. The second-order valence-corrected chi connectivity index (χ2v) is 4.12. The van der Waals surface area contributed by atoms with Crippen LogP contribution in [0.3, 0.4) is 0 Å². The van der Waals surface area contributed by atoms with E-state index in [4.69, 9.17) is 5.73 Å². The van der Waals surface area contributed by atoms with E-state index in [-0.39, 0.29) is 12.0 Å². The van der Waals surface area contributed by atoms with E-state index in [1.807, 2.05) is 30.3 Å². The van der Waals surface area contributed by atoms with E-state index in [0.29, 0.717) is 0 Å². The monoisotopic (exact) mass is 283 g/mol. The average molecular weight is 283 g/mol. The standard InChI is InChI=1S/C12H12F3N5/c1-7(8-5-3-2-4-6-8)17-11-19-9(12(13,14)15)18-10(16)20-11/h2-7H,1H3,(H3,16,17,18,19,20). The predicted octanol–water partition coefficient (Wildman–Crippen LogP) is 2.65. The van der Waals surface area contributed by atoms with Gasteiger partial charge in [-0.2, -0.15) is 28.1 Å². The van der Waals surface area contributed by atoms with Crippen molar-refractivity contribution in [2.24, 2.45) is 0 Å². The fourth-order valence-corrected chi connectivity index (χ4v) is 1.60. The van der Waals surface area contributed by atoms with Crippen LogP contribution >= 0.6 is 0 Å². The molecule has 0 bridgehead atoms. The molecule has 0 fully saturated rings. The number of halogens is 3. The van der Waals surface area contributed by atoms with Crippen molar-refractivity contribution in [3.8, 4) is 0 Å². The van der Waals surface area contributed by atoms with Crippen LogP contribution in [0, 0.1) is 0 Å². The number of hydrogen-bond donors (Lipinski definition) is 2. The molecule has 106 valence electrons. The molecule has 20 heavy (non-hydrogen) atoms. The van der Waals surface area contributed by atoms with Gasteiger partial charge in [0.05, 0.1) is 6.04 Å². The summed E-state index contributed by atoms with van der Waals surface area (Å²) in [5, 5.41) is 2.77. The van der Waals surface area contributed by atoms with Crippen molar-refractivity contribution in [1.82, 2.24) is 15.0 Å². The molecule has 1 aromatic heterocycles. The summed E-state index contributed by atoms with van der Waals surface area (Å²) in [7, 11) is 0. The Balaban J connectivity index is 2.24. The lowest BCUT2D eigenvalue weighted by molar-refractivity contribution is -0.144. The fraction of sp³-hybridized carbons (Fsp3) is 0.250. The minimum atomic E-state index is -4.66. The van der Waals surface area contributed by atoms with Gasteiger partial charge in [-0.05, 0) is 12.5 Å². The number of rotatable bonds is 3. The lowest BCUT2D eigenvalue weighted by Gasteiger charge is -2.15. The SMILES string of the molecule is CC(Nc1nc(N)nc(C(F)(F)F)n1)c1ccccc1. The summed E-state index contributed by atoms with van der Waals surface area (Å²) in [6.07, 6.45) is -4.66. The van der Waals surface area contributed by atoms with Gasteiger partial charge in [-0.1, -0.05) is 30.3 Å². The maximum Gasteiger partial charge on any atom is 0.451 e. The Kier molecular flexibility index (Phi) is 3.73. The van der Waals surface area contributed by atoms with Gasteiger partial charge in [0.2, 0.25) is 17.7 Å². The number of alkyl halides is 3. The normalized spacial score (nSPS) is 13.0. The van der Waals surface area contributed by atoms with E-state index >= 15 is 0 Å². The average Bonchev–Trinajstić information content (AvgIpc) is 2.38. The second-order valence-electron chi connectivity index (χ2n) is 4.12. The largest absolute Gasteiger partial charge is 0.451 e. The Bertz CT molecular complexity index is 585. The molecule has 3 N–H and O–H groups in total. The smallest absolute Gasteiger partial charge is 0.368 e. The molecule has 0 amide bonds. The van der Waals surface area contributed by atoms with Crippen LogP contribution in [0.4, 0.5) is 25.1 Å². The van der Waals surface area contributed by atoms with Gasteiger partial charge in [0.15, 0.2) is 0 Å². The third-order valence-corrected chi connectivity index (χ3v) is 2.55. The van der Waals surface area contributed by atoms with E-state index in [2.05, 4.69) is 20.3 Å². The van der Waals surface area contributed by atoms with Crippen molar-refractivity contribution in [3.05, 3.63) is 41.7 Å². The second kappa shape index (κ2) is 5.32. The number of nitrogen functional groups attached to an aromatic ring is 1. The zero-order valence-electron chi connectivity index (χ0n) is 10.5. The number of benzene rings is 1. The molecule has 5 nitrogen and oxygen atoms in total. The van der Waals surface area contributed by atoms with E-state index in [0.717, 1.165) is 5.56 Å². The maximum atomic E-state index is 12.6. The molecular weight excluding hydrogens is 271 g/mol. The molecular formula is C12H12F3N5. The first-order valence-electron chi connectivity index (χ1n) is 5.76. The zero-order chi connectivity index (χ0) is 14.8. The Hall–Kier alpha value is -2.38. The van der Waals surface area contributed by atoms with Gasteiger partial charge in [0, 0.05) is 0 Å². The number of anilines is 2. The minimum Gasteiger partial charge on any atom is -0.368 e. The number of hydrogen-bond acceptors (Lipinski definition) is 5. The van der Waals surface area contributed by atoms with E-state index in [9.17, 15) is 13.2 Å². The molecule has 1 unspecified atom stereocenters. The summed E-state index contributed by atoms with van der Waals surface area (Å²) in [5.41, 5.74) is 6.16. The number of aromatic nitrogens is 3. The van der Waals surface area contributed by atoms with Crippen LogP contribution in [-0.2, 0) is 6.18 Å². The summed E-state index contributed by atoms with van der Waals surface area (Å²) in [4.78, 5) is 10.1. The minimum absolute atomic E-state index is 0.207. The maximum absolute atomic E-state index is 12.6. The Morgan fingerprint density at radius 1 is 1.10 bits per heavy atom. The summed E-state index contributed by atoms with van der Waals surface area (Å²) < 4.78 is 37.7. The molecule has 0 spiro atoms. The van der Waals surface area contributed by atoms with Crippen molar-refractivity contribution < 1.29 is 13.2 Å². The van der Waals surface area contributed by atoms with Crippen LogP contribution < -0.4 is 11.1 Å². The molecule has 0 aliphatic heterocycles. The Morgan fingerprint density at radius 2 is 1.75 bits per heavy atom. The molecule has 8 heteroatoms. The molecule has 1 aromatic carbocycles. The highest BCUT2D eigenvalue weighted by atomic mass is 19.4. The van der Waals surface area contributed by atoms with Crippen LogP contribution in [-0.4, -0.2) is 15.0 Å². The van der Waals surface area contributed by atoms with E-state index in [1.165, 1.54) is 0 Å². The molecule has 2 rings (SSSR count). The number of nitrogens with one attached hydrogen (secondary N) is 1. The quantitative estimate of drug-likeness (QED) is 0.905. The highest BCUT2D eigenvalue weighted by Gasteiger charge is 2.35. The lowest BCUT2D eigenvalue weighted by Crippen LogP contribution is -2.17. The van der Waals surface area contributed by atoms with Gasteiger partial charge in [-0.3, -0.25) is 0 Å². The van der Waals surface area contributed by atoms with Crippen molar-refractivity contribution >= 4 is 11.9 Å². The summed E-state index contributed by atoms with van der Waals surface area (Å²) >= 11 is 0. The molecule has 0 aliphatic rings. The third-order valence-electron chi connectivity index (χ3n) is 2.55. The van der Waals surface area contributed by atoms with Crippen LogP contribution in [0.25, 0.3) is 0 Å². The molecule has 0 aliphatic carbocycles. The first kappa shape index (κ1) is 14.0. The Morgan fingerprint density at radius 3 is 2.35 bits per heavy atom. The van der Waals surface area contributed by atoms with Gasteiger partial charge in [-0.25, -0.2) is 0 Å². The predicted molar refractivity (Wildman–Crippen MR) is 67.7 cm³/mol. The molecule has 0 saturated carbocycles. The third kappa shape index (κ3) is 3.34. The summed E-state index contributed by atoms with van der Waals surface area (Å²) in [6, 6.07) is 8.92. The topological polar surface area (TPSA) is 76.7 Å². The summed E-state index contributed by atoms with van der Waals surface area (Å²) in [5.74, 6) is -2.00. The van der Waals surface area contributed by atoms with Crippen LogP contribution in [0.1, 0.15) is 24.4 Å². The molecule has 1 atom stereocenters. The van der Waals surface area contributed by atoms with Crippen LogP contribution in [0.5, 0.6) is 0 Å². The van der Waals surface area contributed by atoms with Crippen molar-refractivity contribution in [2.75, 3.05) is 11.1 Å². The van der Waals surface area contributed by atoms with Crippen molar-refractivity contribution in [2.45, 2.75) is 19.1 Å². The highest BCUT2D eigenvalue weighted by Crippen LogP contribution is 2.27. The number of nitrogens with two attached hydrogens (primary N) is 1. The zero-order valence-corrected chi connectivity index (χ0v) is 10.5. The first-order valence-corrected chi connectivity index (χ1v) is 5.76. The Labute approximate surface area is 113 Å². The van der Waals surface area contributed by atoms with Crippen molar-refractivity contribution in [1.29, 1.82) is 0 Å². The first-order chi connectivity index (χ1) is 9.36. The van der Waals surface area contributed by atoms with E-state index in [1.54, 1.807) is 6.92 Å². The molecule has 0 saturated heterocycles.